The van der Waals surface area contributed by atoms with Crippen LogP contribution in [-0.2, 0) is 4.79 Å². The van der Waals surface area contributed by atoms with E-state index in [0.29, 0.717) is 23.5 Å². The van der Waals surface area contributed by atoms with Crippen LogP contribution in [0.1, 0.15) is 30.6 Å². The third kappa shape index (κ3) is 5.00. The van der Waals surface area contributed by atoms with Gasteiger partial charge in [-0.25, -0.2) is 4.39 Å². The van der Waals surface area contributed by atoms with Crippen molar-refractivity contribution in [3.05, 3.63) is 48.0 Å². The van der Waals surface area contributed by atoms with Gasteiger partial charge in [0.25, 0.3) is 5.91 Å². The number of nitrogens with zero attached hydrogens (tertiary/aromatic N) is 1. The van der Waals surface area contributed by atoms with Crippen LogP contribution in [-0.4, -0.2) is 23.9 Å². The van der Waals surface area contributed by atoms with E-state index in [1.54, 1.807) is 18.2 Å². The third-order valence-corrected chi connectivity index (χ3v) is 3.34. The Kier molecular flexibility index (Phi) is 6.05. The predicted octanol–water partition coefficient (Wildman–Crippen LogP) is 3.47. The highest BCUT2D eigenvalue weighted by molar-refractivity contribution is 6.04. The van der Waals surface area contributed by atoms with Gasteiger partial charge < -0.3 is 15.4 Å². The number of pyridine rings is 1. The number of anilines is 2. The van der Waals surface area contributed by atoms with Crippen LogP contribution in [0.5, 0.6) is 5.75 Å². The first-order chi connectivity index (χ1) is 11.9. The second kappa shape index (κ2) is 8.23. The topological polar surface area (TPSA) is 80.3 Å². The van der Waals surface area contributed by atoms with Crippen molar-refractivity contribution in [1.82, 2.24) is 4.98 Å². The molecule has 0 atom stereocenters. The number of rotatable bonds is 6. The van der Waals surface area contributed by atoms with Crippen LogP contribution in [0, 0.1) is 11.7 Å². The predicted molar refractivity (Wildman–Crippen MR) is 93.2 cm³/mol. The van der Waals surface area contributed by atoms with Crippen molar-refractivity contribution in [2.45, 2.75) is 20.3 Å². The molecule has 25 heavy (non-hydrogen) atoms. The first-order valence-electron chi connectivity index (χ1n) is 7.79. The fraction of sp³-hybridized carbons (Fsp3) is 0.278. The molecule has 0 aliphatic heterocycles. The molecule has 0 saturated carbocycles. The number of carbonyl (C=O) groups excluding carboxylic acids is 2. The SMILES string of the molecule is COc1cc(NC(=O)c2ccncc2F)ccc1NC(=O)CC(C)C. The summed E-state index contributed by atoms with van der Waals surface area (Å²) in [4.78, 5) is 27.6. The fourth-order valence-electron chi connectivity index (χ4n) is 2.20. The van der Waals surface area contributed by atoms with Gasteiger partial charge >= 0.3 is 0 Å². The van der Waals surface area contributed by atoms with Gasteiger partial charge in [-0.2, -0.15) is 0 Å². The molecular weight excluding hydrogens is 325 g/mol. The van der Waals surface area contributed by atoms with Crippen molar-refractivity contribution in [3.63, 3.8) is 0 Å². The maximum atomic E-state index is 13.6. The zero-order valence-electron chi connectivity index (χ0n) is 14.3. The van der Waals surface area contributed by atoms with Crippen molar-refractivity contribution < 1.29 is 18.7 Å². The zero-order valence-corrected chi connectivity index (χ0v) is 14.3. The monoisotopic (exact) mass is 345 g/mol. The van der Waals surface area contributed by atoms with Gasteiger partial charge in [0.05, 0.1) is 24.6 Å². The Morgan fingerprint density at radius 3 is 2.64 bits per heavy atom. The van der Waals surface area contributed by atoms with Crippen LogP contribution in [0.4, 0.5) is 15.8 Å². The molecule has 0 fully saturated rings. The van der Waals surface area contributed by atoms with Crippen LogP contribution in [0.3, 0.4) is 0 Å². The Morgan fingerprint density at radius 1 is 1.24 bits per heavy atom. The molecular formula is C18H20FN3O3. The van der Waals surface area contributed by atoms with Gasteiger partial charge in [0.1, 0.15) is 5.75 Å². The van der Waals surface area contributed by atoms with Crippen molar-refractivity contribution in [2.24, 2.45) is 5.92 Å². The molecule has 2 amide bonds. The molecule has 7 heteroatoms. The molecule has 0 aliphatic carbocycles. The lowest BCUT2D eigenvalue weighted by Gasteiger charge is -2.13. The Morgan fingerprint density at radius 2 is 2.00 bits per heavy atom. The van der Waals surface area contributed by atoms with Gasteiger partial charge in [0.2, 0.25) is 5.91 Å². The number of nitrogens with one attached hydrogen (secondary N) is 2. The smallest absolute Gasteiger partial charge is 0.258 e. The summed E-state index contributed by atoms with van der Waals surface area (Å²) in [7, 11) is 1.46. The molecule has 6 nitrogen and oxygen atoms in total. The Labute approximate surface area is 145 Å². The Balaban J connectivity index is 2.14. The molecule has 0 saturated heterocycles. The Hall–Kier alpha value is -2.96. The highest BCUT2D eigenvalue weighted by Crippen LogP contribution is 2.28. The van der Waals surface area contributed by atoms with Crippen molar-refractivity contribution in [2.75, 3.05) is 17.7 Å². The third-order valence-electron chi connectivity index (χ3n) is 3.34. The fourth-order valence-corrected chi connectivity index (χ4v) is 2.20. The zero-order chi connectivity index (χ0) is 18.4. The first-order valence-corrected chi connectivity index (χ1v) is 7.79. The van der Waals surface area contributed by atoms with E-state index in [9.17, 15) is 14.0 Å². The lowest BCUT2D eigenvalue weighted by Crippen LogP contribution is -2.16. The molecule has 0 aliphatic rings. The minimum Gasteiger partial charge on any atom is -0.494 e. The van der Waals surface area contributed by atoms with Crippen LogP contribution >= 0.6 is 0 Å². The summed E-state index contributed by atoms with van der Waals surface area (Å²) in [5, 5.41) is 5.36. The Bertz CT molecular complexity index is 778. The summed E-state index contributed by atoms with van der Waals surface area (Å²) in [6.07, 6.45) is 2.71. The van der Waals surface area contributed by atoms with E-state index in [4.69, 9.17) is 4.74 Å². The number of halogens is 1. The second-order valence-electron chi connectivity index (χ2n) is 5.87. The number of aromatic nitrogens is 1. The summed E-state index contributed by atoms with van der Waals surface area (Å²) >= 11 is 0. The average Bonchev–Trinajstić information content (AvgIpc) is 2.55. The summed E-state index contributed by atoms with van der Waals surface area (Å²) in [6, 6.07) is 6.07. The quantitative estimate of drug-likeness (QED) is 0.840. The van der Waals surface area contributed by atoms with E-state index in [0.717, 1.165) is 6.20 Å². The minimum absolute atomic E-state index is 0.108. The first kappa shape index (κ1) is 18.4. The summed E-state index contributed by atoms with van der Waals surface area (Å²) in [5.74, 6) is -0.794. The van der Waals surface area contributed by atoms with Gasteiger partial charge in [0, 0.05) is 24.4 Å². The normalized spacial score (nSPS) is 10.4. The number of methoxy groups -OCH3 is 1. The highest BCUT2D eigenvalue weighted by atomic mass is 19.1. The van der Waals surface area contributed by atoms with Gasteiger partial charge in [0.15, 0.2) is 5.82 Å². The highest BCUT2D eigenvalue weighted by Gasteiger charge is 2.14. The number of hydrogen-bond acceptors (Lipinski definition) is 4. The molecule has 2 aromatic rings. The maximum Gasteiger partial charge on any atom is 0.258 e. The molecule has 2 N–H and O–H groups in total. The number of carbonyl (C=O) groups is 2. The van der Waals surface area contributed by atoms with Crippen LogP contribution in [0.25, 0.3) is 0 Å². The van der Waals surface area contributed by atoms with Crippen LogP contribution in [0.15, 0.2) is 36.7 Å². The minimum atomic E-state index is -0.704. The van der Waals surface area contributed by atoms with Crippen LogP contribution < -0.4 is 15.4 Å². The second-order valence-corrected chi connectivity index (χ2v) is 5.87. The summed E-state index contributed by atoms with van der Waals surface area (Å²) < 4.78 is 18.9. The van der Waals surface area contributed by atoms with Gasteiger partial charge in [-0.05, 0) is 24.1 Å². The number of hydrogen-bond donors (Lipinski definition) is 2. The standard InChI is InChI=1S/C18H20FN3O3/c1-11(2)8-17(23)22-15-5-4-12(9-16(15)25-3)21-18(24)13-6-7-20-10-14(13)19/h4-7,9-11H,8H2,1-3H3,(H,21,24)(H,22,23). The molecule has 1 heterocycles. The van der Waals surface area contributed by atoms with Gasteiger partial charge in [-0.3, -0.25) is 14.6 Å². The molecule has 132 valence electrons. The van der Waals surface area contributed by atoms with Crippen molar-refractivity contribution >= 4 is 23.2 Å². The lowest BCUT2D eigenvalue weighted by atomic mass is 10.1. The van der Waals surface area contributed by atoms with Gasteiger partial charge in [-0.1, -0.05) is 13.8 Å². The number of ether oxygens (including phenoxy) is 1. The largest absolute Gasteiger partial charge is 0.494 e. The van der Waals surface area contributed by atoms with Gasteiger partial charge in [-0.15, -0.1) is 0 Å². The van der Waals surface area contributed by atoms with E-state index in [1.807, 2.05) is 13.8 Å². The molecule has 0 radical (unpaired) electrons. The van der Waals surface area contributed by atoms with Crippen LogP contribution in [0.2, 0.25) is 0 Å². The molecule has 0 spiro atoms. The van der Waals surface area contributed by atoms with Crippen molar-refractivity contribution in [1.29, 1.82) is 0 Å². The number of benzene rings is 1. The van der Waals surface area contributed by atoms with E-state index in [-0.39, 0.29) is 17.4 Å². The summed E-state index contributed by atoms with van der Waals surface area (Å²) in [6.45, 7) is 3.90. The molecule has 0 bridgehead atoms. The molecule has 1 aromatic carbocycles. The van der Waals surface area contributed by atoms with Crippen molar-refractivity contribution in [3.8, 4) is 5.75 Å². The molecule has 2 rings (SSSR count). The average molecular weight is 345 g/mol. The molecule has 0 unspecified atom stereocenters. The van der Waals surface area contributed by atoms with E-state index < -0.39 is 11.7 Å². The van der Waals surface area contributed by atoms with E-state index >= 15 is 0 Å². The van der Waals surface area contributed by atoms with E-state index in [1.165, 1.54) is 19.4 Å². The van der Waals surface area contributed by atoms with E-state index in [2.05, 4.69) is 15.6 Å². The maximum absolute atomic E-state index is 13.6. The summed E-state index contributed by atoms with van der Waals surface area (Å²) in [5.41, 5.74) is 0.810. The lowest BCUT2D eigenvalue weighted by molar-refractivity contribution is -0.116. The molecule has 1 aromatic heterocycles. The number of amides is 2.